The number of aromatic nitrogens is 2. The van der Waals surface area contributed by atoms with Crippen LogP contribution < -0.4 is 21.8 Å². The number of hydrogen-bond donors (Lipinski definition) is 3. The van der Waals surface area contributed by atoms with E-state index in [1.54, 1.807) is 36.4 Å². The first-order valence-electron chi connectivity index (χ1n) is 8.88. The van der Waals surface area contributed by atoms with Gasteiger partial charge in [-0.15, -0.1) is 0 Å². The maximum absolute atomic E-state index is 12.4. The van der Waals surface area contributed by atoms with Crippen molar-refractivity contribution in [1.82, 2.24) is 9.78 Å². The van der Waals surface area contributed by atoms with E-state index in [0.29, 0.717) is 11.4 Å². The van der Waals surface area contributed by atoms with Gasteiger partial charge in [-0.2, -0.15) is 0 Å². The summed E-state index contributed by atoms with van der Waals surface area (Å²) < 4.78 is 5.71. The van der Waals surface area contributed by atoms with Crippen LogP contribution in [0, 0.1) is 0 Å². The highest BCUT2D eigenvalue weighted by Gasteiger charge is 2.13. The molecular weight excluding hydrogens is 392 g/mol. The molecule has 0 aliphatic carbocycles. The lowest BCUT2D eigenvalue weighted by molar-refractivity contribution is -0.148. The Bertz CT molecular complexity index is 1230. The molecule has 0 radical (unpaired) electrons. The van der Waals surface area contributed by atoms with Gasteiger partial charge in [-0.05, 0) is 36.4 Å². The van der Waals surface area contributed by atoms with Crippen LogP contribution in [0.4, 0.5) is 11.4 Å². The third kappa shape index (κ3) is 4.98. The summed E-state index contributed by atoms with van der Waals surface area (Å²) in [6.45, 7) is 0.266. The molecule has 0 saturated carbocycles. The van der Waals surface area contributed by atoms with E-state index in [1.807, 2.05) is 0 Å². The molecule has 30 heavy (non-hydrogen) atoms. The van der Waals surface area contributed by atoms with Crippen LogP contribution in [0.25, 0.3) is 10.8 Å². The van der Waals surface area contributed by atoms with Crippen LogP contribution in [-0.4, -0.2) is 34.2 Å². The summed E-state index contributed by atoms with van der Waals surface area (Å²) in [5, 5.41) is 7.83. The number of carbonyl (C=O) groups is 3. The van der Waals surface area contributed by atoms with Gasteiger partial charge in [0.05, 0.1) is 10.8 Å². The number of benzene rings is 2. The van der Waals surface area contributed by atoms with E-state index in [4.69, 9.17) is 4.74 Å². The topological polar surface area (TPSA) is 139 Å². The van der Waals surface area contributed by atoms with Gasteiger partial charge in [-0.1, -0.05) is 12.1 Å². The Labute approximate surface area is 169 Å². The number of esters is 1. The summed E-state index contributed by atoms with van der Waals surface area (Å²) in [6.07, 6.45) is 0. The Balaban J connectivity index is 1.57. The first-order chi connectivity index (χ1) is 14.3. The molecule has 3 rings (SSSR count). The molecule has 3 N–H and O–H groups in total. The standard InChI is InChI=1S/C20H18N4O6/c1-12(25)21-13-6-8-14(9-7-13)22-17(26)11-30-18(27)10-24-20(29)16-5-3-2-4-15(16)19(28)23-24/h2-9H,10-11H2,1H3,(H,21,25)(H,22,26)(H,23,28). The molecule has 2 amide bonds. The third-order valence-electron chi connectivity index (χ3n) is 4.02. The molecule has 10 nitrogen and oxygen atoms in total. The van der Waals surface area contributed by atoms with Crippen molar-refractivity contribution in [2.75, 3.05) is 17.2 Å². The summed E-state index contributed by atoms with van der Waals surface area (Å²) in [6, 6.07) is 12.6. The van der Waals surface area contributed by atoms with E-state index < -0.39 is 36.1 Å². The lowest BCUT2D eigenvalue weighted by atomic mass is 10.2. The lowest BCUT2D eigenvalue weighted by Gasteiger charge is -2.09. The fourth-order valence-electron chi connectivity index (χ4n) is 2.72. The van der Waals surface area contributed by atoms with Crippen molar-refractivity contribution in [3.8, 4) is 0 Å². The molecule has 0 aliphatic rings. The van der Waals surface area contributed by atoms with E-state index in [1.165, 1.54) is 19.1 Å². The van der Waals surface area contributed by atoms with Crippen LogP contribution in [-0.2, 0) is 25.7 Å². The maximum atomic E-state index is 12.4. The van der Waals surface area contributed by atoms with Gasteiger partial charge < -0.3 is 15.4 Å². The molecule has 1 aromatic heterocycles. The molecule has 0 spiro atoms. The molecule has 0 aliphatic heterocycles. The van der Waals surface area contributed by atoms with Crippen LogP contribution in [0.15, 0.2) is 58.1 Å². The van der Waals surface area contributed by atoms with Gasteiger partial charge >= 0.3 is 5.97 Å². The van der Waals surface area contributed by atoms with Gasteiger partial charge in [0.1, 0.15) is 6.54 Å². The Morgan fingerprint density at radius 1 is 0.933 bits per heavy atom. The molecule has 154 valence electrons. The molecule has 3 aromatic rings. The zero-order valence-electron chi connectivity index (χ0n) is 15.9. The number of carbonyl (C=O) groups excluding carboxylic acids is 3. The van der Waals surface area contributed by atoms with Crippen molar-refractivity contribution in [3.05, 3.63) is 69.2 Å². The minimum Gasteiger partial charge on any atom is -0.454 e. The fourth-order valence-corrected chi connectivity index (χ4v) is 2.72. The minimum absolute atomic E-state index is 0.175. The largest absolute Gasteiger partial charge is 0.454 e. The van der Waals surface area contributed by atoms with Gasteiger partial charge in [0, 0.05) is 18.3 Å². The summed E-state index contributed by atoms with van der Waals surface area (Å²) in [4.78, 5) is 59.3. The predicted molar refractivity (Wildman–Crippen MR) is 109 cm³/mol. The summed E-state index contributed by atoms with van der Waals surface area (Å²) in [7, 11) is 0. The van der Waals surface area contributed by atoms with Crippen LogP contribution in [0.3, 0.4) is 0 Å². The van der Waals surface area contributed by atoms with Crippen LogP contribution in [0.1, 0.15) is 6.92 Å². The molecule has 1 heterocycles. The van der Waals surface area contributed by atoms with Crippen LogP contribution in [0.2, 0.25) is 0 Å². The zero-order chi connectivity index (χ0) is 21.7. The lowest BCUT2D eigenvalue weighted by Crippen LogP contribution is -2.33. The number of H-pyrrole nitrogens is 1. The van der Waals surface area contributed by atoms with Gasteiger partial charge in [-0.3, -0.25) is 29.1 Å². The highest BCUT2D eigenvalue weighted by atomic mass is 16.5. The molecule has 10 heteroatoms. The molecule has 0 bridgehead atoms. The average Bonchev–Trinajstić information content (AvgIpc) is 2.71. The first kappa shape index (κ1) is 20.5. The van der Waals surface area contributed by atoms with Gasteiger partial charge in [0.25, 0.3) is 17.0 Å². The van der Waals surface area contributed by atoms with E-state index >= 15 is 0 Å². The predicted octanol–water partition coefficient (Wildman–Crippen LogP) is 0.830. The normalized spacial score (nSPS) is 10.4. The third-order valence-corrected chi connectivity index (χ3v) is 4.02. The second-order valence-corrected chi connectivity index (χ2v) is 6.35. The Hall–Kier alpha value is -4.21. The Kier molecular flexibility index (Phi) is 6.06. The number of rotatable bonds is 6. The number of fused-ring (bicyclic) bond motifs is 1. The van der Waals surface area contributed by atoms with E-state index in [2.05, 4.69) is 15.7 Å². The number of anilines is 2. The molecule has 0 unspecified atom stereocenters. The fraction of sp³-hybridized carbons (Fsp3) is 0.150. The van der Waals surface area contributed by atoms with Crippen molar-refractivity contribution in [1.29, 1.82) is 0 Å². The number of ether oxygens (including phenoxy) is 1. The van der Waals surface area contributed by atoms with Crippen molar-refractivity contribution in [2.45, 2.75) is 13.5 Å². The van der Waals surface area contributed by atoms with Crippen LogP contribution in [0.5, 0.6) is 0 Å². The maximum Gasteiger partial charge on any atom is 0.328 e. The van der Waals surface area contributed by atoms with E-state index in [0.717, 1.165) is 4.68 Å². The van der Waals surface area contributed by atoms with Gasteiger partial charge in [-0.25, -0.2) is 4.68 Å². The Morgan fingerprint density at radius 2 is 1.53 bits per heavy atom. The first-order valence-corrected chi connectivity index (χ1v) is 8.88. The monoisotopic (exact) mass is 410 g/mol. The highest BCUT2D eigenvalue weighted by molar-refractivity contribution is 5.93. The van der Waals surface area contributed by atoms with Crippen molar-refractivity contribution in [2.24, 2.45) is 0 Å². The summed E-state index contributed by atoms with van der Waals surface area (Å²) in [5.74, 6) is -1.67. The molecule has 0 saturated heterocycles. The smallest absolute Gasteiger partial charge is 0.328 e. The van der Waals surface area contributed by atoms with Gasteiger partial charge in [0.15, 0.2) is 6.61 Å². The molecule has 0 fully saturated rings. The van der Waals surface area contributed by atoms with Crippen LogP contribution >= 0.6 is 0 Å². The number of hydrogen-bond acceptors (Lipinski definition) is 6. The molecular formula is C20H18N4O6. The quantitative estimate of drug-likeness (QED) is 0.515. The number of aromatic amines is 1. The number of amides is 2. The number of nitrogens with one attached hydrogen (secondary N) is 3. The molecule has 0 atom stereocenters. The minimum atomic E-state index is -0.862. The summed E-state index contributed by atoms with van der Waals surface area (Å²) >= 11 is 0. The average molecular weight is 410 g/mol. The zero-order valence-corrected chi connectivity index (χ0v) is 15.9. The SMILES string of the molecule is CC(=O)Nc1ccc(NC(=O)COC(=O)Cn2[nH]c(=O)c3ccccc3c2=O)cc1. The summed E-state index contributed by atoms with van der Waals surface area (Å²) in [5.41, 5.74) is -0.0497. The second-order valence-electron chi connectivity index (χ2n) is 6.35. The van der Waals surface area contributed by atoms with E-state index in [9.17, 15) is 24.0 Å². The highest BCUT2D eigenvalue weighted by Crippen LogP contribution is 2.13. The van der Waals surface area contributed by atoms with Crippen molar-refractivity contribution < 1.29 is 19.1 Å². The van der Waals surface area contributed by atoms with Gasteiger partial charge in [0.2, 0.25) is 5.91 Å². The molecule has 2 aromatic carbocycles. The second kappa shape index (κ2) is 8.86. The Morgan fingerprint density at radius 3 is 2.17 bits per heavy atom. The van der Waals surface area contributed by atoms with Crippen molar-refractivity contribution >= 4 is 39.9 Å². The van der Waals surface area contributed by atoms with E-state index in [-0.39, 0.29) is 16.7 Å². The van der Waals surface area contributed by atoms with Crippen molar-refractivity contribution in [3.63, 3.8) is 0 Å². The number of nitrogens with zero attached hydrogens (tertiary/aromatic N) is 1.